The van der Waals surface area contributed by atoms with Crippen LogP contribution in [0.1, 0.15) is 12.8 Å². The standard InChI is InChI=1S/C8H15BrSi/c1-10(2,3)8-6-4-5-7-9/h4-5,7H2,1-3H3. The minimum Gasteiger partial charge on any atom is -0.132 e. The normalized spacial score (nSPS) is 10.4. The van der Waals surface area contributed by atoms with Gasteiger partial charge in [-0.2, -0.15) is 0 Å². The Morgan fingerprint density at radius 2 is 1.90 bits per heavy atom. The fourth-order valence-electron chi connectivity index (χ4n) is 0.483. The number of rotatable bonds is 2. The van der Waals surface area contributed by atoms with E-state index in [1.54, 1.807) is 0 Å². The van der Waals surface area contributed by atoms with E-state index in [2.05, 4.69) is 47.0 Å². The Labute approximate surface area is 73.5 Å². The fourth-order valence-corrected chi connectivity index (χ4v) is 1.42. The highest BCUT2D eigenvalue weighted by atomic mass is 79.9. The van der Waals surface area contributed by atoms with E-state index in [-0.39, 0.29) is 0 Å². The molecule has 0 fully saturated rings. The molecule has 0 aromatic rings. The first-order valence-corrected chi connectivity index (χ1v) is 8.24. The fraction of sp³-hybridized carbons (Fsp3) is 0.750. The molecule has 2 heteroatoms. The number of halogens is 1. The summed E-state index contributed by atoms with van der Waals surface area (Å²) in [5.41, 5.74) is 3.32. The predicted octanol–water partition coefficient (Wildman–Crippen LogP) is 3.04. The summed E-state index contributed by atoms with van der Waals surface area (Å²) in [4.78, 5) is 0. The monoisotopic (exact) mass is 218 g/mol. The molecule has 0 N–H and O–H groups in total. The maximum Gasteiger partial charge on any atom is 0.129 e. The van der Waals surface area contributed by atoms with E-state index in [4.69, 9.17) is 0 Å². The lowest BCUT2D eigenvalue weighted by Crippen LogP contribution is -2.16. The number of hydrogen-bond acceptors (Lipinski definition) is 0. The topological polar surface area (TPSA) is 0 Å². The van der Waals surface area contributed by atoms with Crippen LogP contribution in [0.4, 0.5) is 0 Å². The lowest BCUT2D eigenvalue weighted by molar-refractivity contribution is 1.01. The van der Waals surface area contributed by atoms with Gasteiger partial charge in [0.2, 0.25) is 0 Å². The van der Waals surface area contributed by atoms with Crippen LogP contribution in [-0.4, -0.2) is 13.4 Å². The Bertz CT molecular complexity index is 136. The molecule has 0 unspecified atom stereocenters. The quantitative estimate of drug-likeness (QED) is 0.290. The van der Waals surface area contributed by atoms with Gasteiger partial charge in [0, 0.05) is 11.8 Å². The van der Waals surface area contributed by atoms with Crippen LogP contribution in [0.3, 0.4) is 0 Å². The third-order valence-corrected chi connectivity index (χ3v) is 2.39. The third-order valence-electron chi connectivity index (χ3n) is 0.899. The van der Waals surface area contributed by atoms with Gasteiger partial charge < -0.3 is 0 Å². The van der Waals surface area contributed by atoms with Crippen LogP contribution < -0.4 is 0 Å². The Morgan fingerprint density at radius 1 is 1.30 bits per heavy atom. The lowest BCUT2D eigenvalue weighted by Gasteiger charge is -2.02. The van der Waals surface area contributed by atoms with E-state index in [1.807, 2.05) is 0 Å². The minimum atomic E-state index is -1.08. The van der Waals surface area contributed by atoms with Crippen molar-refractivity contribution in [3.05, 3.63) is 0 Å². The van der Waals surface area contributed by atoms with Crippen molar-refractivity contribution in [3.63, 3.8) is 0 Å². The van der Waals surface area contributed by atoms with Crippen LogP contribution in [0, 0.1) is 11.5 Å². The Kier molecular flexibility index (Phi) is 5.11. The summed E-state index contributed by atoms with van der Waals surface area (Å²) in [6, 6.07) is 0. The van der Waals surface area contributed by atoms with E-state index in [9.17, 15) is 0 Å². The molecule has 0 amide bonds. The van der Waals surface area contributed by atoms with Crippen molar-refractivity contribution in [2.24, 2.45) is 0 Å². The summed E-state index contributed by atoms with van der Waals surface area (Å²) in [5.74, 6) is 3.21. The summed E-state index contributed by atoms with van der Waals surface area (Å²) in [6.45, 7) is 6.82. The van der Waals surface area contributed by atoms with Crippen molar-refractivity contribution < 1.29 is 0 Å². The third kappa shape index (κ3) is 8.26. The number of hydrogen-bond donors (Lipinski definition) is 0. The second-order valence-electron chi connectivity index (χ2n) is 3.34. The molecule has 0 nitrogen and oxygen atoms in total. The maximum atomic E-state index is 3.37. The molecule has 0 spiro atoms. The molecule has 0 saturated carbocycles. The minimum absolute atomic E-state index is 1.05. The summed E-state index contributed by atoms with van der Waals surface area (Å²) >= 11 is 3.37. The molecule has 0 saturated heterocycles. The van der Waals surface area contributed by atoms with Gasteiger partial charge in [-0.25, -0.2) is 0 Å². The van der Waals surface area contributed by atoms with Crippen molar-refractivity contribution >= 4 is 24.0 Å². The van der Waals surface area contributed by atoms with Crippen LogP contribution in [-0.2, 0) is 0 Å². The lowest BCUT2D eigenvalue weighted by atomic mass is 10.4. The summed E-state index contributed by atoms with van der Waals surface area (Å²) in [6.07, 6.45) is 2.23. The van der Waals surface area contributed by atoms with Crippen LogP contribution >= 0.6 is 15.9 Å². The summed E-state index contributed by atoms with van der Waals surface area (Å²) in [7, 11) is -1.08. The smallest absolute Gasteiger partial charge is 0.129 e. The van der Waals surface area contributed by atoms with Crippen molar-refractivity contribution in [3.8, 4) is 11.5 Å². The highest BCUT2D eigenvalue weighted by Crippen LogP contribution is 1.98. The molecule has 0 heterocycles. The molecule has 0 aliphatic carbocycles. The van der Waals surface area contributed by atoms with E-state index in [0.29, 0.717) is 0 Å². The average molecular weight is 219 g/mol. The van der Waals surface area contributed by atoms with Gasteiger partial charge in [0.05, 0.1) is 0 Å². The molecule has 0 radical (unpaired) electrons. The van der Waals surface area contributed by atoms with Crippen molar-refractivity contribution in [2.45, 2.75) is 32.5 Å². The van der Waals surface area contributed by atoms with Gasteiger partial charge >= 0.3 is 0 Å². The van der Waals surface area contributed by atoms with E-state index >= 15 is 0 Å². The molecular weight excluding hydrogens is 204 g/mol. The molecule has 0 aliphatic heterocycles. The van der Waals surface area contributed by atoms with Crippen LogP contribution in [0.2, 0.25) is 19.6 Å². The van der Waals surface area contributed by atoms with Gasteiger partial charge in [-0.05, 0) is 6.42 Å². The maximum absolute atomic E-state index is 3.37. The molecule has 0 atom stereocenters. The second-order valence-corrected chi connectivity index (χ2v) is 8.89. The molecule has 0 rings (SSSR count). The zero-order valence-corrected chi connectivity index (χ0v) is 9.59. The zero-order chi connectivity index (χ0) is 8.04. The zero-order valence-electron chi connectivity index (χ0n) is 7.00. The highest BCUT2D eigenvalue weighted by molar-refractivity contribution is 9.09. The van der Waals surface area contributed by atoms with E-state index in [1.165, 1.54) is 6.42 Å². The molecule has 10 heavy (non-hydrogen) atoms. The molecule has 0 aromatic carbocycles. The molecule has 0 bridgehead atoms. The largest absolute Gasteiger partial charge is 0.132 e. The molecule has 58 valence electrons. The first kappa shape index (κ1) is 10.3. The SMILES string of the molecule is C[Si](C)(C)C#CCCCBr. The Morgan fingerprint density at radius 3 is 2.30 bits per heavy atom. The van der Waals surface area contributed by atoms with Crippen LogP contribution in [0.15, 0.2) is 0 Å². The van der Waals surface area contributed by atoms with Gasteiger partial charge in [-0.3, -0.25) is 0 Å². The van der Waals surface area contributed by atoms with Gasteiger partial charge in [-0.1, -0.05) is 35.6 Å². The van der Waals surface area contributed by atoms with E-state index in [0.717, 1.165) is 11.8 Å². The Hall–Kier alpha value is 0.257. The van der Waals surface area contributed by atoms with Gasteiger partial charge in [0.15, 0.2) is 0 Å². The van der Waals surface area contributed by atoms with Gasteiger partial charge in [0.1, 0.15) is 8.07 Å². The van der Waals surface area contributed by atoms with Crippen LogP contribution in [0.5, 0.6) is 0 Å². The van der Waals surface area contributed by atoms with Gasteiger partial charge in [0.25, 0.3) is 0 Å². The van der Waals surface area contributed by atoms with Crippen molar-refractivity contribution in [1.82, 2.24) is 0 Å². The first-order valence-electron chi connectivity index (χ1n) is 3.62. The number of alkyl halides is 1. The molecular formula is C8H15BrSi. The number of unbranched alkanes of at least 4 members (excludes halogenated alkanes) is 1. The molecule has 0 aliphatic rings. The Balaban J connectivity index is 3.50. The average Bonchev–Trinajstić information content (AvgIpc) is 1.78. The van der Waals surface area contributed by atoms with E-state index < -0.39 is 8.07 Å². The second kappa shape index (κ2) is 4.98. The van der Waals surface area contributed by atoms with Crippen molar-refractivity contribution in [1.29, 1.82) is 0 Å². The van der Waals surface area contributed by atoms with Crippen LogP contribution in [0.25, 0.3) is 0 Å². The molecule has 0 aromatic heterocycles. The van der Waals surface area contributed by atoms with Crippen molar-refractivity contribution in [2.75, 3.05) is 5.33 Å². The first-order chi connectivity index (χ1) is 4.56. The van der Waals surface area contributed by atoms with Gasteiger partial charge in [-0.15, -0.1) is 11.5 Å². The predicted molar refractivity (Wildman–Crippen MR) is 54.2 cm³/mol. The summed E-state index contributed by atoms with van der Waals surface area (Å²) < 4.78 is 0. The summed E-state index contributed by atoms with van der Waals surface area (Å²) in [5, 5.41) is 1.08. The highest BCUT2D eigenvalue weighted by Gasteiger charge is 2.06.